The highest BCUT2D eigenvalue weighted by atomic mass is 16.7. The second kappa shape index (κ2) is 7.19. The monoisotopic (exact) mass is 356 g/mol. The number of rotatable bonds is 4. The fraction of sp³-hybridized carbons (Fsp3) is 0.333. The highest BCUT2D eigenvalue weighted by Crippen LogP contribution is 2.31. The smallest absolute Gasteiger partial charge is 0.340 e. The van der Waals surface area contributed by atoms with E-state index in [9.17, 15) is 9.59 Å². The minimum Gasteiger partial charge on any atom is -0.453 e. The summed E-state index contributed by atoms with van der Waals surface area (Å²) in [5, 5.41) is 0. The molecule has 0 radical (unpaired) electrons. The van der Waals surface area contributed by atoms with E-state index in [1.54, 1.807) is 36.7 Å². The molecule has 2 fully saturated rings. The number of carbonyl (C=O) groups is 2. The van der Waals surface area contributed by atoms with E-state index in [0.29, 0.717) is 11.1 Å². The van der Waals surface area contributed by atoms with Gasteiger partial charge in [0, 0.05) is 24.8 Å². The number of nitrogens with zero attached hydrogens (tertiary/aromatic N) is 2. The van der Waals surface area contributed by atoms with Gasteiger partial charge in [-0.1, -0.05) is 0 Å². The predicted molar refractivity (Wildman–Crippen MR) is 86.4 cm³/mol. The zero-order chi connectivity index (χ0) is 17.9. The van der Waals surface area contributed by atoms with Crippen molar-refractivity contribution in [2.24, 2.45) is 0 Å². The van der Waals surface area contributed by atoms with Crippen LogP contribution in [-0.2, 0) is 18.9 Å². The van der Waals surface area contributed by atoms with Gasteiger partial charge in [0.25, 0.3) is 0 Å². The molecule has 0 spiro atoms. The average molecular weight is 356 g/mol. The number of aromatic nitrogens is 2. The first-order valence-corrected chi connectivity index (χ1v) is 8.17. The Kier molecular flexibility index (Phi) is 4.59. The molecule has 4 atom stereocenters. The Morgan fingerprint density at radius 3 is 1.69 bits per heavy atom. The molecule has 2 aliphatic rings. The summed E-state index contributed by atoms with van der Waals surface area (Å²) < 4.78 is 22.3. The molecule has 0 N–H and O–H groups in total. The lowest BCUT2D eigenvalue weighted by Crippen LogP contribution is -2.36. The van der Waals surface area contributed by atoms with Crippen molar-refractivity contribution in [1.29, 1.82) is 0 Å². The second-order valence-corrected chi connectivity index (χ2v) is 5.97. The number of fused-ring (bicyclic) bond motifs is 1. The van der Waals surface area contributed by atoms with E-state index in [0.717, 1.165) is 0 Å². The molecular weight excluding hydrogens is 340 g/mol. The zero-order valence-corrected chi connectivity index (χ0v) is 13.7. The topological polar surface area (TPSA) is 96.8 Å². The molecule has 0 saturated carbocycles. The molecule has 8 heteroatoms. The molecular formula is C18H16N2O6. The van der Waals surface area contributed by atoms with Crippen LogP contribution in [0.3, 0.4) is 0 Å². The van der Waals surface area contributed by atoms with Crippen LogP contribution in [0.15, 0.2) is 49.1 Å². The predicted octanol–water partition coefficient (Wildman–Crippen LogP) is 1.03. The maximum atomic E-state index is 12.2. The van der Waals surface area contributed by atoms with Crippen LogP contribution >= 0.6 is 0 Å². The van der Waals surface area contributed by atoms with E-state index in [1.165, 1.54) is 12.4 Å². The maximum absolute atomic E-state index is 12.2. The average Bonchev–Trinajstić information content (AvgIpc) is 3.27. The molecule has 0 amide bonds. The van der Waals surface area contributed by atoms with Crippen molar-refractivity contribution in [3.63, 3.8) is 0 Å². The lowest BCUT2D eigenvalue weighted by Gasteiger charge is -2.17. The first-order valence-electron chi connectivity index (χ1n) is 8.17. The van der Waals surface area contributed by atoms with E-state index in [2.05, 4.69) is 9.97 Å². The summed E-state index contributed by atoms with van der Waals surface area (Å²) in [6.45, 7) is 0.366. The summed E-state index contributed by atoms with van der Waals surface area (Å²) in [4.78, 5) is 32.1. The summed E-state index contributed by atoms with van der Waals surface area (Å²) >= 11 is 0. The molecule has 134 valence electrons. The Bertz CT molecular complexity index is 717. The maximum Gasteiger partial charge on any atom is 0.340 e. The van der Waals surface area contributed by atoms with Crippen LogP contribution in [0.1, 0.15) is 20.7 Å². The van der Waals surface area contributed by atoms with E-state index in [4.69, 9.17) is 18.9 Å². The van der Waals surface area contributed by atoms with Crippen LogP contribution in [-0.4, -0.2) is 59.5 Å². The highest BCUT2D eigenvalue weighted by Gasteiger charge is 2.51. The molecule has 4 heterocycles. The quantitative estimate of drug-likeness (QED) is 0.749. The van der Waals surface area contributed by atoms with Gasteiger partial charge in [0.15, 0.2) is 12.2 Å². The van der Waals surface area contributed by atoms with Gasteiger partial charge >= 0.3 is 11.9 Å². The molecule has 0 aliphatic carbocycles. The molecule has 8 nitrogen and oxygen atoms in total. The Labute approximate surface area is 149 Å². The van der Waals surface area contributed by atoms with Crippen LogP contribution in [0.4, 0.5) is 0 Å². The SMILES string of the molecule is O=C(O[C@H]1CO[C@H]2[C@@H]1OC[C@H]2OC(=O)c1cccnc1)c1cccnc1. The molecule has 0 aromatic carbocycles. The first-order chi connectivity index (χ1) is 12.7. The fourth-order valence-electron chi connectivity index (χ4n) is 3.01. The lowest BCUT2D eigenvalue weighted by atomic mass is 10.1. The van der Waals surface area contributed by atoms with Crippen molar-refractivity contribution in [2.75, 3.05) is 13.2 Å². The van der Waals surface area contributed by atoms with E-state index in [-0.39, 0.29) is 13.2 Å². The van der Waals surface area contributed by atoms with Crippen molar-refractivity contribution in [1.82, 2.24) is 9.97 Å². The van der Waals surface area contributed by atoms with Gasteiger partial charge in [-0.25, -0.2) is 9.59 Å². The van der Waals surface area contributed by atoms with Crippen molar-refractivity contribution in [3.05, 3.63) is 60.2 Å². The molecule has 2 aliphatic heterocycles. The second-order valence-electron chi connectivity index (χ2n) is 5.97. The normalized spacial score (nSPS) is 26.9. The third-order valence-electron chi connectivity index (χ3n) is 4.27. The first kappa shape index (κ1) is 16.6. The van der Waals surface area contributed by atoms with E-state index < -0.39 is 36.4 Å². The van der Waals surface area contributed by atoms with Crippen molar-refractivity contribution < 1.29 is 28.5 Å². The largest absolute Gasteiger partial charge is 0.453 e. The van der Waals surface area contributed by atoms with Crippen molar-refractivity contribution in [3.8, 4) is 0 Å². The number of pyridine rings is 2. The molecule has 0 bridgehead atoms. The molecule has 0 unspecified atom stereocenters. The van der Waals surface area contributed by atoms with Gasteiger partial charge in [-0.15, -0.1) is 0 Å². The third kappa shape index (κ3) is 3.29. The molecule has 26 heavy (non-hydrogen) atoms. The van der Waals surface area contributed by atoms with Gasteiger partial charge in [-0.05, 0) is 24.3 Å². The molecule has 4 rings (SSSR count). The molecule has 2 aromatic rings. The lowest BCUT2D eigenvalue weighted by molar-refractivity contribution is -0.0287. The Balaban J connectivity index is 1.37. The van der Waals surface area contributed by atoms with Crippen LogP contribution in [0, 0.1) is 0 Å². The Morgan fingerprint density at radius 2 is 1.31 bits per heavy atom. The minimum absolute atomic E-state index is 0.183. The number of hydrogen-bond acceptors (Lipinski definition) is 8. The summed E-state index contributed by atoms with van der Waals surface area (Å²) in [5.74, 6) is -0.987. The minimum atomic E-state index is -0.560. The van der Waals surface area contributed by atoms with Crippen LogP contribution in [0.5, 0.6) is 0 Å². The Hall–Kier alpha value is -2.84. The van der Waals surface area contributed by atoms with Gasteiger partial charge in [-0.2, -0.15) is 0 Å². The van der Waals surface area contributed by atoms with Gasteiger partial charge in [0.2, 0.25) is 0 Å². The summed E-state index contributed by atoms with van der Waals surface area (Å²) in [6, 6.07) is 6.56. The third-order valence-corrected chi connectivity index (χ3v) is 4.27. The zero-order valence-electron chi connectivity index (χ0n) is 13.7. The molecule has 2 aromatic heterocycles. The summed E-state index contributed by atoms with van der Waals surface area (Å²) in [5.41, 5.74) is 0.710. The van der Waals surface area contributed by atoms with Crippen molar-refractivity contribution >= 4 is 11.9 Å². The number of carbonyl (C=O) groups excluding carboxylic acids is 2. The number of ether oxygens (including phenoxy) is 4. The van der Waals surface area contributed by atoms with E-state index in [1.807, 2.05) is 0 Å². The van der Waals surface area contributed by atoms with Gasteiger partial charge in [-0.3, -0.25) is 9.97 Å². The fourth-order valence-corrected chi connectivity index (χ4v) is 3.01. The van der Waals surface area contributed by atoms with Crippen LogP contribution in [0.2, 0.25) is 0 Å². The standard InChI is InChI=1S/C18H16N2O6/c21-17(11-3-1-5-19-7-11)25-13-9-23-16-14(10-24-15(13)16)26-18(22)12-4-2-6-20-8-12/h1-8,13-16H,9-10H2/t13-,14+,15-,16-/m1/s1. The van der Waals surface area contributed by atoms with E-state index >= 15 is 0 Å². The Morgan fingerprint density at radius 1 is 0.846 bits per heavy atom. The highest BCUT2D eigenvalue weighted by molar-refractivity contribution is 5.89. The van der Waals surface area contributed by atoms with Gasteiger partial charge in [0.05, 0.1) is 24.3 Å². The van der Waals surface area contributed by atoms with Crippen LogP contribution < -0.4 is 0 Å². The van der Waals surface area contributed by atoms with Crippen molar-refractivity contribution in [2.45, 2.75) is 24.4 Å². The summed E-state index contributed by atoms with van der Waals surface area (Å²) in [7, 11) is 0. The van der Waals surface area contributed by atoms with Gasteiger partial charge < -0.3 is 18.9 Å². The summed E-state index contributed by atoms with van der Waals surface area (Å²) in [6.07, 6.45) is 3.96. The number of esters is 2. The number of hydrogen-bond donors (Lipinski definition) is 0. The van der Waals surface area contributed by atoms with Crippen LogP contribution in [0.25, 0.3) is 0 Å². The molecule has 2 saturated heterocycles. The van der Waals surface area contributed by atoms with Gasteiger partial charge in [0.1, 0.15) is 12.2 Å².